The van der Waals surface area contributed by atoms with Gasteiger partial charge in [-0.3, -0.25) is 0 Å². The Bertz CT molecular complexity index is 254. The van der Waals surface area contributed by atoms with Gasteiger partial charge in [-0.1, -0.05) is 305 Å². The van der Waals surface area contributed by atoms with Gasteiger partial charge in [0.1, 0.15) is 0 Å². The minimum absolute atomic E-state index is 0.678. The molecule has 0 bridgehead atoms. The van der Waals surface area contributed by atoms with Gasteiger partial charge in [0, 0.05) is 0 Å². The Balaban J connectivity index is -0.0000000470. The molecule has 0 rings (SSSR count). The van der Waals surface area contributed by atoms with Crippen molar-refractivity contribution in [3.63, 3.8) is 0 Å². The van der Waals surface area contributed by atoms with Crippen LogP contribution in [0.15, 0.2) is 0 Å². The zero-order valence-corrected chi connectivity index (χ0v) is 36.3. The van der Waals surface area contributed by atoms with Crippen LogP contribution in [-0.2, 0) is 0 Å². The van der Waals surface area contributed by atoms with Crippen LogP contribution in [0.2, 0.25) is 0 Å². The molecule has 0 atom stereocenters. The van der Waals surface area contributed by atoms with Gasteiger partial charge < -0.3 is 0 Å². The van der Waals surface area contributed by atoms with E-state index in [1.54, 1.807) is 0 Å². The van der Waals surface area contributed by atoms with Crippen molar-refractivity contribution in [2.24, 2.45) is 0 Å². The number of alkyl halides is 24. The summed E-state index contributed by atoms with van der Waals surface area (Å²) in [5.74, 6) is 0. The lowest BCUT2D eigenvalue weighted by atomic mass is 10.2. The molecule has 0 aromatic heterocycles. The van der Waals surface area contributed by atoms with E-state index in [2.05, 4.69) is 6.92 Å². The van der Waals surface area contributed by atoms with Gasteiger partial charge in [0.15, 0.2) is 33.9 Å². The molecule has 0 amide bonds. The molecule has 0 aliphatic heterocycles. The van der Waals surface area contributed by atoms with Gasteiger partial charge >= 0.3 is 0 Å². The largest absolute Gasteiger partial charge is 0.190 e. The first-order valence-electron chi connectivity index (χ1n) is 8.21. The molecule has 38 heavy (non-hydrogen) atoms. The SMILES string of the molecule is CCCCCCC(Cl)(Cl)Cl.ClC(Cl)Cl.ClC(Cl)Cl.ClC(Cl)Cl.ClC(Cl)Cl.ClC(Cl)Cl.ClC(Cl)Cl.ClC(Cl)Cl. The molecule has 0 aliphatic carbocycles. The summed E-state index contributed by atoms with van der Waals surface area (Å²) < 4.78 is -6.28. The van der Waals surface area contributed by atoms with Gasteiger partial charge in [-0.05, 0) is 12.8 Å². The fourth-order valence-electron chi connectivity index (χ4n) is 0.752. The van der Waals surface area contributed by atoms with Crippen LogP contribution in [0.3, 0.4) is 0 Å². The standard InChI is InChI=1S/C7H13Cl3.7CHCl3/c1-2-3-4-5-6-7(8,9)10;7*2-1(3)4/h2-6H2,1H3;7*1H. The fraction of sp³-hybridized carbons (Fsp3) is 1.00. The van der Waals surface area contributed by atoms with Gasteiger partial charge in [0.05, 0.1) is 0 Å². The minimum Gasteiger partial charge on any atom is -0.0874 e. The maximum atomic E-state index is 5.54. The van der Waals surface area contributed by atoms with Gasteiger partial charge in [0.25, 0.3) is 0 Å². The predicted molar refractivity (Wildman–Crippen MR) is 198 cm³/mol. The van der Waals surface area contributed by atoms with E-state index in [0.717, 1.165) is 6.42 Å². The summed E-state index contributed by atoms with van der Waals surface area (Å²) in [7, 11) is 0. The van der Waals surface area contributed by atoms with E-state index < -0.39 is 33.9 Å². The molecule has 0 fully saturated rings. The average Bonchev–Trinajstić information content (AvgIpc) is 2.54. The smallest absolute Gasteiger partial charge is 0.0874 e. The number of rotatable bonds is 4. The molecule has 0 N–H and O–H groups in total. The average molecular weight is 1040 g/mol. The molecular weight excluding hydrogens is 1020 g/mol. The van der Waals surface area contributed by atoms with Crippen molar-refractivity contribution in [3.8, 4) is 0 Å². The number of halogens is 24. The number of hydrogen-bond donors (Lipinski definition) is 0. The monoisotopic (exact) mass is 1030 g/mol. The normalized spacial score (nSPS) is 9.79. The van der Waals surface area contributed by atoms with E-state index >= 15 is 0 Å². The zero-order valence-electron chi connectivity index (χ0n) is 18.1. The van der Waals surface area contributed by atoms with Crippen molar-refractivity contribution in [2.45, 2.75) is 72.9 Å². The Kier molecular flexibility index (Phi) is 89.5. The van der Waals surface area contributed by atoms with E-state index in [-0.39, 0.29) is 0 Å². The number of hydrogen-bond acceptors (Lipinski definition) is 0. The molecule has 0 nitrogen and oxygen atoms in total. The van der Waals surface area contributed by atoms with Crippen molar-refractivity contribution in [3.05, 3.63) is 0 Å². The second-order valence-electron chi connectivity index (χ2n) is 4.16. The highest BCUT2D eigenvalue weighted by Crippen LogP contribution is 2.32. The molecule has 0 aliphatic rings. The summed E-state index contributed by atoms with van der Waals surface area (Å²) in [6.45, 7) is 2.16. The van der Waals surface area contributed by atoms with Crippen molar-refractivity contribution in [2.75, 3.05) is 0 Å². The van der Waals surface area contributed by atoms with E-state index in [1.165, 1.54) is 19.3 Å². The maximum Gasteiger partial charge on any atom is 0.190 e. The molecule has 0 radical (unpaired) electrons. The van der Waals surface area contributed by atoms with Gasteiger partial charge in [-0.2, -0.15) is 0 Å². The summed E-state index contributed by atoms with van der Waals surface area (Å²) in [6, 6.07) is 0. The van der Waals surface area contributed by atoms with Crippen LogP contribution in [-0.4, -0.2) is 33.9 Å². The molecule has 244 valence electrons. The third-order valence-corrected chi connectivity index (χ3v) is 1.88. The summed E-state index contributed by atoms with van der Waals surface area (Å²) in [5, 5.41) is 0. The van der Waals surface area contributed by atoms with Crippen molar-refractivity contribution in [1.29, 1.82) is 0 Å². The lowest BCUT2D eigenvalue weighted by Crippen LogP contribution is -2.00. The summed E-state index contributed by atoms with van der Waals surface area (Å²) in [5.41, 5.74) is 0. The predicted octanol–water partition coefficient (Wildman–Crippen LogP) is 18.2. The van der Waals surface area contributed by atoms with E-state index in [4.69, 9.17) is 278 Å². The molecular formula is C14H20Cl24. The summed E-state index contributed by atoms with van der Waals surface area (Å²) in [4.78, 5) is 0. The quantitative estimate of drug-likeness (QED) is 0.194. The van der Waals surface area contributed by atoms with Crippen LogP contribution in [0, 0.1) is 0 Å². The lowest BCUT2D eigenvalue weighted by molar-refractivity contribution is 0.639. The topological polar surface area (TPSA) is 0 Å². The highest BCUT2D eigenvalue weighted by molar-refractivity contribution is 6.67. The van der Waals surface area contributed by atoms with E-state index in [9.17, 15) is 0 Å². The highest BCUT2D eigenvalue weighted by atomic mass is 35.6. The highest BCUT2D eigenvalue weighted by Gasteiger charge is 2.17. The third kappa shape index (κ3) is 388. The Hall–Kier alpha value is 6.96. The van der Waals surface area contributed by atoms with Crippen LogP contribution in [0.4, 0.5) is 0 Å². The minimum atomic E-state index is -1.03. The Morgan fingerprint density at radius 3 is 0.605 bits per heavy atom. The molecule has 0 saturated heterocycles. The molecule has 0 spiro atoms. The van der Waals surface area contributed by atoms with Crippen LogP contribution < -0.4 is 0 Å². The first kappa shape index (κ1) is 63.6. The van der Waals surface area contributed by atoms with Gasteiger partial charge in [-0.25, -0.2) is 0 Å². The molecule has 0 saturated carbocycles. The van der Waals surface area contributed by atoms with Crippen LogP contribution in [0.25, 0.3) is 0 Å². The Morgan fingerprint density at radius 2 is 0.500 bits per heavy atom. The van der Waals surface area contributed by atoms with E-state index in [0.29, 0.717) is 6.42 Å². The fourth-order valence-corrected chi connectivity index (χ4v) is 1.15. The molecule has 0 aromatic carbocycles. The van der Waals surface area contributed by atoms with Gasteiger partial charge in [0.2, 0.25) is 0 Å². The molecule has 24 heteroatoms. The zero-order chi connectivity index (χ0) is 33.1. The molecule has 0 heterocycles. The Labute approximate surface area is 346 Å². The first-order chi connectivity index (χ1) is 16.7. The first-order valence-corrected chi connectivity index (χ1v) is 18.5. The third-order valence-electron chi connectivity index (χ3n) is 1.31. The van der Waals surface area contributed by atoms with Crippen LogP contribution in [0.1, 0.15) is 39.0 Å². The van der Waals surface area contributed by atoms with Crippen molar-refractivity contribution in [1.82, 2.24) is 0 Å². The van der Waals surface area contributed by atoms with Crippen molar-refractivity contribution >= 4 is 278 Å². The Morgan fingerprint density at radius 1 is 0.342 bits per heavy atom. The molecule has 0 aromatic rings. The van der Waals surface area contributed by atoms with Crippen LogP contribution >= 0.6 is 278 Å². The summed E-state index contributed by atoms with van der Waals surface area (Å²) in [6.07, 6.45) is 5.33. The molecule has 0 unspecified atom stereocenters. The summed E-state index contributed by atoms with van der Waals surface area (Å²) >= 11 is 118. The van der Waals surface area contributed by atoms with Crippen LogP contribution in [0.5, 0.6) is 0 Å². The second kappa shape index (κ2) is 53.5. The number of unbranched alkanes of at least 4 members (excludes halogenated alkanes) is 3. The van der Waals surface area contributed by atoms with E-state index in [1.807, 2.05) is 0 Å². The van der Waals surface area contributed by atoms with Gasteiger partial charge in [-0.15, -0.1) is 0 Å². The van der Waals surface area contributed by atoms with Crippen molar-refractivity contribution < 1.29 is 0 Å². The second-order valence-corrected chi connectivity index (χ2v) is 20.5. The maximum absolute atomic E-state index is 5.54. The lowest BCUT2D eigenvalue weighted by Gasteiger charge is -2.08.